The van der Waals surface area contributed by atoms with Crippen molar-refractivity contribution in [3.05, 3.63) is 75.6 Å². The topological polar surface area (TPSA) is 69.0 Å². The molecule has 0 aliphatic carbocycles. The average molecular weight is 382 g/mol. The molecule has 140 valence electrons. The maximum Gasteiger partial charge on any atom is 0.296 e. The van der Waals surface area contributed by atoms with Gasteiger partial charge in [0.1, 0.15) is 5.75 Å². The fourth-order valence-corrected chi connectivity index (χ4v) is 3.31. The van der Waals surface area contributed by atoms with Crippen LogP contribution in [0.3, 0.4) is 0 Å². The van der Waals surface area contributed by atoms with Crippen LogP contribution in [-0.2, 0) is 19.3 Å². The number of methoxy groups -OCH3 is 1. The van der Waals surface area contributed by atoms with Gasteiger partial charge in [-0.15, -0.1) is 10.2 Å². The van der Waals surface area contributed by atoms with Crippen molar-refractivity contribution in [2.75, 3.05) is 12.4 Å². The van der Waals surface area contributed by atoms with Crippen molar-refractivity contribution in [3.8, 4) is 5.75 Å². The van der Waals surface area contributed by atoms with Gasteiger partial charge in [-0.05, 0) is 30.2 Å². The molecule has 0 atom stereocenters. The molecule has 0 radical (unpaired) electrons. The molecule has 0 saturated carbocycles. The molecular formula is C20H22N4O2S. The molecule has 6 nitrogen and oxygen atoms in total. The maximum atomic E-state index is 12.5. The molecule has 1 heterocycles. The number of rotatable bonds is 7. The second kappa shape index (κ2) is 8.73. The van der Waals surface area contributed by atoms with E-state index in [1.54, 1.807) is 14.2 Å². The maximum absolute atomic E-state index is 12.5. The number of nitrogens with one attached hydrogen (secondary N) is 1. The lowest BCUT2D eigenvalue weighted by Gasteiger charge is -2.09. The third kappa shape index (κ3) is 4.89. The van der Waals surface area contributed by atoms with Gasteiger partial charge in [0.05, 0.1) is 7.11 Å². The number of ether oxygens (including phenoxy) is 1. The molecule has 0 fully saturated rings. The van der Waals surface area contributed by atoms with Gasteiger partial charge in [0.2, 0.25) is 5.82 Å². The summed E-state index contributed by atoms with van der Waals surface area (Å²) in [6, 6.07) is 16.0. The van der Waals surface area contributed by atoms with Gasteiger partial charge in [0.15, 0.2) is 5.16 Å². The third-order valence-corrected chi connectivity index (χ3v) is 5.23. The van der Waals surface area contributed by atoms with Crippen molar-refractivity contribution in [3.63, 3.8) is 0 Å². The van der Waals surface area contributed by atoms with Gasteiger partial charge in [-0.1, -0.05) is 53.7 Å². The minimum Gasteiger partial charge on any atom is -0.497 e. The summed E-state index contributed by atoms with van der Waals surface area (Å²) >= 11 is 1.47. The Kier molecular flexibility index (Phi) is 6.13. The Hall–Kier alpha value is -2.80. The summed E-state index contributed by atoms with van der Waals surface area (Å²) in [5.41, 5.74) is 3.22. The first-order valence-corrected chi connectivity index (χ1v) is 9.54. The first-order valence-electron chi connectivity index (χ1n) is 8.55. The highest BCUT2D eigenvalue weighted by atomic mass is 32.2. The second-order valence-corrected chi connectivity index (χ2v) is 7.11. The molecule has 0 spiro atoms. The van der Waals surface area contributed by atoms with Crippen LogP contribution in [0.2, 0.25) is 0 Å². The van der Waals surface area contributed by atoms with E-state index in [1.807, 2.05) is 55.5 Å². The van der Waals surface area contributed by atoms with Crippen LogP contribution in [0.5, 0.6) is 5.75 Å². The number of anilines is 1. The molecule has 0 bridgehead atoms. The summed E-state index contributed by atoms with van der Waals surface area (Å²) in [5.74, 6) is 1.77. The van der Waals surface area contributed by atoms with Crippen LogP contribution in [0.25, 0.3) is 0 Å². The Balaban J connectivity index is 1.65. The van der Waals surface area contributed by atoms with Crippen LogP contribution in [0.15, 0.2) is 58.5 Å². The highest BCUT2D eigenvalue weighted by Gasteiger charge is 2.10. The van der Waals surface area contributed by atoms with Gasteiger partial charge in [-0.2, -0.15) is 0 Å². The molecule has 3 rings (SSSR count). The molecule has 0 saturated heterocycles. The van der Waals surface area contributed by atoms with Gasteiger partial charge < -0.3 is 10.1 Å². The van der Waals surface area contributed by atoms with Crippen LogP contribution in [0.1, 0.15) is 16.7 Å². The molecule has 0 aliphatic heterocycles. The van der Waals surface area contributed by atoms with Crippen LogP contribution >= 0.6 is 11.8 Å². The number of aromatic nitrogens is 3. The predicted octanol–water partition coefficient (Wildman–Crippen LogP) is 3.40. The van der Waals surface area contributed by atoms with Gasteiger partial charge in [-0.3, -0.25) is 9.36 Å². The summed E-state index contributed by atoms with van der Waals surface area (Å²) in [6.45, 7) is 2.57. The predicted molar refractivity (Wildman–Crippen MR) is 108 cm³/mol. The Morgan fingerprint density at radius 1 is 1.04 bits per heavy atom. The molecule has 0 amide bonds. The number of benzene rings is 2. The van der Waals surface area contributed by atoms with E-state index in [0.29, 0.717) is 17.5 Å². The Morgan fingerprint density at radius 2 is 1.70 bits per heavy atom. The lowest BCUT2D eigenvalue weighted by Crippen LogP contribution is -2.25. The van der Waals surface area contributed by atoms with E-state index in [9.17, 15) is 4.79 Å². The van der Waals surface area contributed by atoms with Gasteiger partial charge in [-0.25, -0.2) is 0 Å². The van der Waals surface area contributed by atoms with E-state index in [1.165, 1.54) is 21.9 Å². The smallest absolute Gasteiger partial charge is 0.296 e. The van der Waals surface area contributed by atoms with E-state index < -0.39 is 0 Å². The van der Waals surface area contributed by atoms with Crippen LogP contribution in [0.4, 0.5) is 5.82 Å². The first kappa shape index (κ1) is 19.0. The fraction of sp³-hybridized carbons (Fsp3) is 0.250. The highest BCUT2D eigenvalue weighted by molar-refractivity contribution is 7.98. The van der Waals surface area contributed by atoms with E-state index in [0.717, 1.165) is 16.9 Å². The molecule has 3 aromatic rings. The summed E-state index contributed by atoms with van der Waals surface area (Å²) in [5, 5.41) is 11.9. The lowest BCUT2D eigenvalue weighted by atomic mass is 10.1. The Labute approximate surface area is 162 Å². The average Bonchev–Trinajstić information content (AvgIpc) is 2.70. The minimum absolute atomic E-state index is 0.186. The molecule has 1 N–H and O–H groups in total. The third-order valence-electron chi connectivity index (χ3n) is 4.14. The molecular weight excluding hydrogens is 360 g/mol. The number of hydrogen-bond donors (Lipinski definition) is 1. The van der Waals surface area contributed by atoms with E-state index in [4.69, 9.17) is 4.74 Å². The Morgan fingerprint density at radius 3 is 2.37 bits per heavy atom. The number of hydrogen-bond acceptors (Lipinski definition) is 6. The van der Waals surface area contributed by atoms with Crippen LogP contribution < -0.4 is 15.6 Å². The quantitative estimate of drug-likeness (QED) is 0.632. The molecule has 7 heteroatoms. The Bertz CT molecular complexity index is 953. The zero-order valence-electron chi connectivity index (χ0n) is 15.6. The molecule has 0 aliphatic rings. The summed E-state index contributed by atoms with van der Waals surface area (Å²) < 4.78 is 6.69. The van der Waals surface area contributed by atoms with Crippen LogP contribution in [0, 0.1) is 6.92 Å². The highest BCUT2D eigenvalue weighted by Crippen LogP contribution is 2.21. The zero-order chi connectivity index (χ0) is 19.2. The molecule has 27 heavy (non-hydrogen) atoms. The molecule has 1 aromatic heterocycles. The summed E-state index contributed by atoms with van der Waals surface area (Å²) in [4.78, 5) is 12.5. The number of aryl methyl sites for hydroxylation is 1. The van der Waals surface area contributed by atoms with Gasteiger partial charge in [0, 0.05) is 19.3 Å². The lowest BCUT2D eigenvalue weighted by molar-refractivity contribution is 0.414. The monoisotopic (exact) mass is 382 g/mol. The SMILES string of the molecule is COc1ccc(CSc2nnc(NCc3ccc(C)cc3)c(=O)n2C)cc1. The number of thioether (sulfide) groups is 1. The fourth-order valence-electron chi connectivity index (χ4n) is 2.45. The van der Waals surface area contributed by atoms with Crippen molar-refractivity contribution >= 4 is 17.6 Å². The molecule has 0 unspecified atom stereocenters. The van der Waals surface area contributed by atoms with E-state index in [-0.39, 0.29) is 11.4 Å². The van der Waals surface area contributed by atoms with E-state index in [2.05, 4.69) is 15.5 Å². The minimum atomic E-state index is -0.186. The summed E-state index contributed by atoms with van der Waals surface area (Å²) in [7, 11) is 3.36. The zero-order valence-corrected chi connectivity index (χ0v) is 16.4. The summed E-state index contributed by atoms with van der Waals surface area (Å²) in [6.07, 6.45) is 0. The van der Waals surface area contributed by atoms with Crippen molar-refractivity contribution in [2.24, 2.45) is 7.05 Å². The van der Waals surface area contributed by atoms with Crippen molar-refractivity contribution in [1.82, 2.24) is 14.8 Å². The van der Waals surface area contributed by atoms with Gasteiger partial charge in [0.25, 0.3) is 5.56 Å². The van der Waals surface area contributed by atoms with Crippen molar-refractivity contribution in [2.45, 2.75) is 24.4 Å². The standard InChI is InChI=1S/C20H22N4O2S/c1-14-4-6-15(7-5-14)12-21-18-19(25)24(2)20(23-22-18)27-13-16-8-10-17(26-3)11-9-16/h4-11H,12-13H2,1-3H3,(H,21,22). The first-order chi connectivity index (χ1) is 13.1. The number of nitrogens with zero attached hydrogens (tertiary/aromatic N) is 3. The van der Waals surface area contributed by atoms with Crippen molar-refractivity contribution < 1.29 is 4.74 Å². The molecule has 2 aromatic carbocycles. The van der Waals surface area contributed by atoms with Crippen LogP contribution in [-0.4, -0.2) is 21.9 Å². The second-order valence-electron chi connectivity index (χ2n) is 6.17. The normalized spacial score (nSPS) is 10.6. The van der Waals surface area contributed by atoms with E-state index >= 15 is 0 Å². The van der Waals surface area contributed by atoms with Crippen molar-refractivity contribution in [1.29, 1.82) is 0 Å². The van der Waals surface area contributed by atoms with Gasteiger partial charge >= 0.3 is 0 Å². The largest absolute Gasteiger partial charge is 0.497 e.